The van der Waals surface area contributed by atoms with Gasteiger partial charge in [0.15, 0.2) is 5.15 Å². The molecule has 1 fully saturated rings. The first-order valence-electron chi connectivity index (χ1n) is 12.5. The Morgan fingerprint density at radius 1 is 1.00 bits per heavy atom. The summed E-state index contributed by atoms with van der Waals surface area (Å²) in [5.41, 5.74) is 3.42. The number of aryl methyl sites for hydroxylation is 1. The Labute approximate surface area is 233 Å². The van der Waals surface area contributed by atoms with Crippen molar-refractivity contribution >= 4 is 56.2 Å². The van der Waals surface area contributed by atoms with Crippen molar-refractivity contribution in [3.05, 3.63) is 76.5 Å². The van der Waals surface area contributed by atoms with E-state index in [1.54, 1.807) is 36.4 Å². The van der Waals surface area contributed by atoms with Crippen LogP contribution in [0, 0.1) is 0 Å². The molecule has 2 aliphatic rings. The molecular formula is C27H29Cl2N5O3S. The molecule has 1 N–H and O–H groups in total. The molecule has 0 bridgehead atoms. The predicted molar refractivity (Wildman–Crippen MR) is 152 cm³/mol. The zero-order chi connectivity index (χ0) is 26.9. The topological polar surface area (TPSA) is 85.8 Å². The lowest BCUT2D eigenvalue weighted by Crippen LogP contribution is -2.55. The van der Waals surface area contributed by atoms with Crippen LogP contribution in [-0.2, 0) is 21.2 Å². The standard InChI is InChI=1S/C27H29Cl2N5O3S/c1-19(34-13-3-4-20-18-21(28)6-11-25(20)34)27(35)33-16-14-32(15-17-33)22-7-9-23(10-8-22)38(36,37)31-24-5-2-12-30-26(24)29/h2,5-12,18-19,31H,3-4,13-17H2,1H3/t19-/m0/s1. The normalized spacial score (nSPS) is 16.7. The summed E-state index contributed by atoms with van der Waals surface area (Å²) in [6.07, 6.45) is 3.46. The number of sulfonamides is 1. The van der Waals surface area contributed by atoms with E-state index < -0.39 is 10.0 Å². The van der Waals surface area contributed by atoms with E-state index in [1.165, 1.54) is 11.8 Å². The van der Waals surface area contributed by atoms with Crippen molar-refractivity contribution in [2.24, 2.45) is 0 Å². The summed E-state index contributed by atoms with van der Waals surface area (Å²) in [6, 6.07) is 15.5. The summed E-state index contributed by atoms with van der Waals surface area (Å²) in [4.78, 5) is 23.7. The van der Waals surface area contributed by atoms with Gasteiger partial charge in [0.1, 0.15) is 6.04 Å². The highest BCUT2D eigenvalue weighted by Crippen LogP contribution is 2.32. The number of carbonyl (C=O) groups is 1. The lowest BCUT2D eigenvalue weighted by Gasteiger charge is -2.41. The van der Waals surface area contributed by atoms with E-state index in [4.69, 9.17) is 23.2 Å². The van der Waals surface area contributed by atoms with E-state index in [9.17, 15) is 13.2 Å². The van der Waals surface area contributed by atoms with Gasteiger partial charge < -0.3 is 14.7 Å². The van der Waals surface area contributed by atoms with Gasteiger partial charge in [0.05, 0.1) is 10.6 Å². The van der Waals surface area contributed by atoms with Gasteiger partial charge in [-0.2, -0.15) is 0 Å². The first-order valence-corrected chi connectivity index (χ1v) is 14.8. The van der Waals surface area contributed by atoms with Crippen molar-refractivity contribution in [2.75, 3.05) is 47.2 Å². The van der Waals surface area contributed by atoms with Gasteiger partial charge in [-0.3, -0.25) is 9.52 Å². The fourth-order valence-corrected chi connectivity index (χ4v) is 6.57. The molecule has 0 spiro atoms. The highest BCUT2D eigenvalue weighted by molar-refractivity contribution is 7.92. The Morgan fingerprint density at radius 2 is 1.74 bits per heavy atom. The van der Waals surface area contributed by atoms with Crippen LogP contribution in [0.2, 0.25) is 10.2 Å². The smallest absolute Gasteiger partial charge is 0.261 e. The molecule has 0 radical (unpaired) electrons. The second-order valence-electron chi connectivity index (χ2n) is 9.50. The second kappa shape index (κ2) is 11.0. The molecule has 38 heavy (non-hydrogen) atoms. The van der Waals surface area contributed by atoms with Crippen molar-refractivity contribution < 1.29 is 13.2 Å². The van der Waals surface area contributed by atoms with Crippen LogP contribution in [0.25, 0.3) is 0 Å². The average Bonchev–Trinajstić information content (AvgIpc) is 2.93. The van der Waals surface area contributed by atoms with E-state index in [0.717, 1.165) is 35.8 Å². The number of fused-ring (bicyclic) bond motifs is 1. The molecular weight excluding hydrogens is 545 g/mol. The molecule has 2 aromatic carbocycles. The van der Waals surface area contributed by atoms with Gasteiger partial charge in [0.2, 0.25) is 5.91 Å². The SMILES string of the molecule is C[C@@H](C(=O)N1CCN(c2ccc(S(=O)(=O)Nc3cccnc3Cl)cc2)CC1)N1CCCc2cc(Cl)ccc21. The Morgan fingerprint density at radius 3 is 2.45 bits per heavy atom. The van der Waals surface area contributed by atoms with Crippen molar-refractivity contribution in [2.45, 2.75) is 30.7 Å². The lowest BCUT2D eigenvalue weighted by atomic mass is 10.00. The number of halogens is 2. The number of carbonyl (C=O) groups excluding carboxylic acids is 1. The molecule has 11 heteroatoms. The number of hydrogen-bond donors (Lipinski definition) is 1. The third-order valence-electron chi connectivity index (χ3n) is 7.13. The Kier molecular flexibility index (Phi) is 7.70. The quantitative estimate of drug-likeness (QED) is 0.431. The van der Waals surface area contributed by atoms with Crippen LogP contribution in [0.3, 0.4) is 0 Å². The maximum Gasteiger partial charge on any atom is 0.261 e. The van der Waals surface area contributed by atoms with Gasteiger partial charge in [-0.25, -0.2) is 13.4 Å². The zero-order valence-electron chi connectivity index (χ0n) is 21.0. The van der Waals surface area contributed by atoms with E-state index in [0.29, 0.717) is 26.2 Å². The first kappa shape index (κ1) is 26.6. The summed E-state index contributed by atoms with van der Waals surface area (Å²) >= 11 is 12.2. The van der Waals surface area contributed by atoms with Crippen LogP contribution < -0.4 is 14.5 Å². The third-order valence-corrected chi connectivity index (χ3v) is 9.05. The Hall–Kier alpha value is -3.01. The molecule has 3 heterocycles. The van der Waals surface area contributed by atoms with Gasteiger partial charge in [-0.05, 0) is 79.9 Å². The maximum atomic E-state index is 13.4. The minimum Gasteiger partial charge on any atom is -0.368 e. The molecule has 1 atom stereocenters. The minimum atomic E-state index is -3.81. The van der Waals surface area contributed by atoms with Crippen LogP contribution in [0.5, 0.6) is 0 Å². The lowest BCUT2D eigenvalue weighted by molar-refractivity contribution is -0.132. The van der Waals surface area contributed by atoms with Crippen LogP contribution in [0.1, 0.15) is 18.9 Å². The fraction of sp³-hybridized carbons (Fsp3) is 0.333. The molecule has 1 aromatic heterocycles. The summed E-state index contributed by atoms with van der Waals surface area (Å²) < 4.78 is 28.0. The number of piperazine rings is 1. The second-order valence-corrected chi connectivity index (χ2v) is 12.0. The van der Waals surface area contributed by atoms with E-state index in [2.05, 4.69) is 19.5 Å². The van der Waals surface area contributed by atoms with Crippen LogP contribution in [0.4, 0.5) is 17.1 Å². The molecule has 2 aliphatic heterocycles. The number of aromatic nitrogens is 1. The van der Waals surface area contributed by atoms with E-state index in [-0.39, 0.29) is 27.7 Å². The van der Waals surface area contributed by atoms with Crippen LogP contribution >= 0.6 is 23.2 Å². The van der Waals surface area contributed by atoms with Gasteiger partial charge in [-0.1, -0.05) is 23.2 Å². The van der Waals surface area contributed by atoms with Crippen molar-refractivity contribution in [3.63, 3.8) is 0 Å². The molecule has 200 valence electrons. The van der Waals surface area contributed by atoms with E-state index >= 15 is 0 Å². The largest absolute Gasteiger partial charge is 0.368 e. The number of nitrogens with zero attached hydrogens (tertiary/aromatic N) is 4. The van der Waals surface area contributed by atoms with Gasteiger partial charge in [0.25, 0.3) is 10.0 Å². The summed E-state index contributed by atoms with van der Waals surface area (Å²) in [7, 11) is -3.81. The number of pyridine rings is 1. The maximum absolute atomic E-state index is 13.4. The molecule has 0 unspecified atom stereocenters. The average molecular weight is 575 g/mol. The van der Waals surface area contributed by atoms with Gasteiger partial charge >= 0.3 is 0 Å². The number of nitrogens with one attached hydrogen (secondary N) is 1. The number of benzene rings is 2. The highest BCUT2D eigenvalue weighted by Gasteiger charge is 2.31. The molecule has 1 saturated heterocycles. The fourth-order valence-electron chi connectivity index (χ4n) is 5.08. The van der Waals surface area contributed by atoms with Crippen molar-refractivity contribution in [1.82, 2.24) is 9.88 Å². The van der Waals surface area contributed by atoms with Crippen molar-refractivity contribution in [3.8, 4) is 0 Å². The molecule has 0 aliphatic carbocycles. The summed E-state index contributed by atoms with van der Waals surface area (Å²) in [5, 5.41) is 0.809. The van der Waals surface area contributed by atoms with Gasteiger partial charge in [-0.15, -0.1) is 0 Å². The molecule has 8 nitrogen and oxygen atoms in total. The Balaban J connectivity index is 1.20. The van der Waals surface area contributed by atoms with E-state index in [1.807, 2.05) is 30.0 Å². The first-order chi connectivity index (χ1) is 18.2. The number of rotatable bonds is 6. The molecule has 5 rings (SSSR count). The van der Waals surface area contributed by atoms with Crippen LogP contribution in [0.15, 0.2) is 65.7 Å². The van der Waals surface area contributed by atoms with Gasteiger partial charge in [0, 0.05) is 55.3 Å². The number of anilines is 3. The Bertz CT molecular complexity index is 1430. The number of hydrogen-bond acceptors (Lipinski definition) is 6. The monoisotopic (exact) mass is 573 g/mol. The predicted octanol–water partition coefficient (Wildman–Crippen LogP) is 4.68. The summed E-state index contributed by atoms with van der Waals surface area (Å²) in [5.74, 6) is 0.119. The zero-order valence-corrected chi connectivity index (χ0v) is 23.3. The molecule has 0 saturated carbocycles. The van der Waals surface area contributed by atoms with Crippen LogP contribution in [-0.4, -0.2) is 63.0 Å². The minimum absolute atomic E-state index is 0.0864. The number of amides is 1. The molecule has 1 amide bonds. The molecule has 3 aromatic rings. The van der Waals surface area contributed by atoms with Crippen molar-refractivity contribution in [1.29, 1.82) is 0 Å². The third kappa shape index (κ3) is 5.55. The summed E-state index contributed by atoms with van der Waals surface area (Å²) in [6.45, 7) is 5.36. The highest BCUT2D eigenvalue weighted by atomic mass is 35.5.